The quantitative estimate of drug-likeness (QED) is 0.900. The number of rotatable bonds is 4. The monoisotopic (exact) mass is 245 g/mol. The normalized spacial score (nSPS) is 14.8. The van der Waals surface area contributed by atoms with Crippen molar-refractivity contribution < 1.29 is 0 Å². The van der Waals surface area contributed by atoms with E-state index in [9.17, 15) is 0 Å². The molecule has 3 rings (SSSR count). The number of anilines is 2. The number of nitrogen functional groups attached to an aromatic ring is 1. The first-order valence-corrected chi connectivity index (χ1v) is 6.77. The van der Waals surface area contributed by atoms with Crippen LogP contribution < -0.4 is 10.6 Å². The molecule has 0 atom stereocenters. The van der Waals surface area contributed by atoms with E-state index in [-0.39, 0.29) is 0 Å². The van der Waals surface area contributed by atoms with Gasteiger partial charge in [-0.15, -0.1) is 0 Å². The Hall–Kier alpha value is -1.55. The van der Waals surface area contributed by atoms with Gasteiger partial charge in [0.1, 0.15) is 5.82 Å². The van der Waals surface area contributed by atoms with Crippen LogP contribution in [-0.4, -0.2) is 11.0 Å². The molecule has 17 heavy (non-hydrogen) atoms. The Kier molecular flexibility index (Phi) is 2.73. The molecular weight excluding hydrogens is 230 g/mol. The Morgan fingerprint density at radius 2 is 2.29 bits per heavy atom. The van der Waals surface area contributed by atoms with Crippen LogP contribution in [0.1, 0.15) is 18.4 Å². The summed E-state index contributed by atoms with van der Waals surface area (Å²) in [6, 6.07) is 6.83. The van der Waals surface area contributed by atoms with Crippen LogP contribution in [0.5, 0.6) is 0 Å². The number of hydrogen-bond acceptors (Lipinski definition) is 4. The smallest absolute Gasteiger partial charge is 0.146 e. The SMILES string of the molecule is Nc1ncccc1N(Cc1ccsc1)C1CC1. The fourth-order valence-electron chi connectivity index (χ4n) is 2.03. The van der Waals surface area contributed by atoms with E-state index in [1.54, 1.807) is 17.5 Å². The first kappa shape index (κ1) is 10.6. The standard InChI is InChI=1S/C13H15N3S/c14-13-12(2-1-6-15-13)16(11-3-4-11)8-10-5-7-17-9-10/h1-2,5-7,9,11H,3-4,8H2,(H2,14,15). The third-order valence-electron chi connectivity index (χ3n) is 3.05. The van der Waals surface area contributed by atoms with Crippen molar-refractivity contribution in [3.05, 3.63) is 40.7 Å². The van der Waals surface area contributed by atoms with Gasteiger partial charge in [0.25, 0.3) is 0 Å². The van der Waals surface area contributed by atoms with Crippen LogP contribution in [-0.2, 0) is 6.54 Å². The van der Waals surface area contributed by atoms with Crippen molar-refractivity contribution >= 4 is 22.8 Å². The summed E-state index contributed by atoms with van der Waals surface area (Å²) in [6.45, 7) is 0.935. The van der Waals surface area contributed by atoms with Crippen LogP contribution in [0, 0.1) is 0 Å². The molecule has 1 saturated carbocycles. The molecule has 1 fully saturated rings. The third-order valence-corrected chi connectivity index (χ3v) is 3.78. The van der Waals surface area contributed by atoms with Crippen LogP contribution in [0.15, 0.2) is 35.2 Å². The highest BCUT2D eigenvalue weighted by Crippen LogP contribution is 2.35. The zero-order valence-corrected chi connectivity index (χ0v) is 10.4. The molecule has 4 heteroatoms. The molecule has 0 unspecified atom stereocenters. The Labute approximate surface area is 105 Å². The van der Waals surface area contributed by atoms with Gasteiger partial charge in [-0.2, -0.15) is 11.3 Å². The Balaban J connectivity index is 1.88. The van der Waals surface area contributed by atoms with E-state index >= 15 is 0 Å². The minimum atomic E-state index is 0.634. The predicted octanol–water partition coefficient (Wildman–Crippen LogP) is 2.89. The Bertz CT molecular complexity index is 491. The first-order valence-electron chi connectivity index (χ1n) is 5.83. The molecule has 2 heterocycles. The van der Waals surface area contributed by atoms with E-state index in [1.807, 2.05) is 6.07 Å². The number of hydrogen-bond donors (Lipinski definition) is 1. The summed E-state index contributed by atoms with van der Waals surface area (Å²) in [6.07, 6.45) is 4.27. The van der Waals surface area contributed by atoms with Gasteiger partial charge in [-0.25, -0.2) is 4.98 Å². The second-order valence-electron chi connectivity index (χ2n) is 4.40. The molecule has 2 aromatic rings. The van der Waals surface area contributed by atoms with Gasteiger partial charge in [-0.05, 0) is 47.4 Å². The molecule has 0 spiro atoms. The molecular formula is C13H15N3S. The Morgan fingerprint density at radius 3 is 2.94 bits per heavy atom. The molecule has 0 aliphatic heterocycles. The van der Waals surface area contributed by atoms with Crippen molar-refractivity contribution in [1.82, 2.24) is 4.98 Å². The summed E-state index contributed by atoms with van der Waals surface area (Å²) in [5, 5.41) is 4.31. The minimum absolute atomic E-state index is 0.634. The van der Waals surface area contributed by atoms with Gasteiger partial charge in [-0.1, -0.05) is 0 Å². The molecule has 0 bridgehead atoms. The van der Waals surface area contributed by atoms with Crippen molar-refractivity contribution in [2.24, 2.45) is 0 Å². The van der Waals surface area contributed by atoms with Crippen molar-refractivity contribution in [2.75, 3.05) is 10.6 Å². The van der Waals surface area contributed by atoms with Crippen LogP contribution in [0.3, 0.4) is 0 Å². The summed E-state index contributed by atoms with van der Waals surface area (Å²) < 4.78 is 0. The van der Waals surface area contributed by atoms with Crippen LogP contribution in [0.2, 0.25) is 0 Å². The fraction of sp³-hybridized carbons (Fsp3) is 0.308. The lowest BCUT2D eigenvalue weighted by molar-refractivity contribution is 0.796. The van der Waals surface area contributed by atoms with Gasteiger partial charge < -0.3 is 10.6 Å². The van der Waals surface area contributed by atoms with Gasteiger partial charge in [0, 0.05) is 18.8 Å². The van der Waals surface area contributed by atoms with Crippen LogP contribution >= 0.6 is 11.3 Å². The molecule has 88 valence electrons. The molecule has 1 aliphatic carbocycles. The molecule has 1 aliphatic rings. The second kappa shape index (κ2) is 4.37. The van der Waals surface area contributed by atoms with E-state index in [0.717, 1.165) is 12.2 Å². The Morgan fingerprint density at radius 1 is 1.41 bits per heavy atom. The van der Waals surface area contributed by atoms with Crippen molar-refractivity contribution in [1.29, 1.82) is 0 Å². The summed E-state index contributed by atoms with van der Waals surface area (Å²) in [7, 11) is 0. The van der Waals surface area contributed by atoms with Crippen LogP contribution in [0.25, 0.3) is 0 Å². The topological polar surface area (TPSA) is 42.1 Å². The van der Waals surface area contributed by atoms with E-state index in [4.69, 9.17) is 5.73 Å². The zero-order valence-electron chi connectivity index (χ0n) is 9.54. The summed E-state index contributed by atoms with van der Waals surface area (Å²) >= 11 is 1.74. The molecule has 2 aromatic heterocycles. The first-order chi connectivity index (χ1) is 8.34. The van der Waals surface area contributed by atoms with Crippen molar-refractivity contribution in [2.45, 2.75) is 25.4 Å². The molecule has 0 radical (unpaired) electrons. The maximum atomic E-state index is 5.97. The lowest BCUT2D eigenvalue weighted by Gasteiger charge is -2.25. The van der Waals surface area contributed by atoms with Crippen molar-refractivity contribution in [3.8, 4) is 0 Å². The van der Waals surface area contributed by atoms with E-state index in [1.165, 1.54) is 18.4 Å². The number of nitrogens with zero attached hydrogens (tertiary/aromatic N) is 2. The van der Waals surface area contributed by atoms with Gasteiger partial charge in [0.2, 0.25) is 0 Å². The second-order valence-corrected chi connectivity index (χ2v) is 5.18. The maximum Gasteiger partial charge on any atom is 0.146 e. The fourth-order valence-corrected chi connectivity index (χ4v) is 2.69. The lowest BCUT2D eigenvalue weighted by atomic mass is 10.2. The van der Waals surface area contributed by atoms with E-state index in [2.05, 4.69) is 32.8 Å². The van der Waals surface area contributed by atoms with Gasteiger partial charge in [0.15, 0.2) is 0 Å². The molecule has 0 saturated heterocycles. The maximum absolute atomic E-state index is 5.97. The van der Waals surface area contributed by atoms with Gasteiger partial charge in [0.05, 0.1) is 5.69 Å². The average Bonchev–Trinajstić information content (AvgIpc) is 3.05. The summed E-state index contributed by atoms with van der Waals surface area (Å²) in [4.78, 5) is 6.56. The molecule has 0 amide bonds. The lowest BCUT2D eigenvalue weighted by Crippen LogP contribution is -2.25. The largest absolute Gasteiger partial charge is 0.382 e. The number of nitrogens with two attached hydrogens (primary N) is 1. The highest BCUT2D eigenvalue weighted by molar-refractivity contribution is 7.07. The number of pyridine rings is 1. The zero-order chi connectivity index (χ0) is 11.7. The van der Waals surface area contributed by atoms with Gasteiger partial charge in [-0.3, -0.25) is 0 Å². The highest BCUT2D eigenvalue weighted by Gasteiger charge is 2.30. The predicted molar refractivity (Wildman–Crippen MR) is 72.2 cm³/mol. The third kappa shape index (κ3) is 2.26. The molecule has 0 aromatic carbocycles. The molecule has 3 nitrogen and oxygen atoms in total. The summed E-state index contributed by atoms with van der Waals surface area (Å²) in [5.41, 5.74) is 8.39. The average molecular weight is 245 g/mol. The van der Waals surface area contributed by atoms with Crippen molar-refractivity contribution in [3.63, 3.8) is 0 Å². The van der Waals surface area contributed by atoms with Crippen LogP contribution in [0.4, 0.5) is 11.5 Å². The minimum Gasteiger partial charge on any atom is -0.382 e. The summed E-state index contributed by atoms with van der Waals surface area (Å²) in [5.74, 6) is 0.634. The number of thiophene rings is 1. The van der Waals surface area contributed by atoms with Gasteiger partial charge >= 0.3 is 0 Å². The van der Waals surface area contributed by atoms with E-state index < -0.39 is 0 Å². The number of aromatic nitrogens is 1. The van der Waals surface area contributed by atoms with E-state index in [0.29, 0.717) is 11.9 Å². The molecule has 2 N–H and O–H groups in total. The highest BCUT2D eigenvalue weighted by atomic mass is 32.1.